The summed E-state index contributed by atoms with van der Waals surface area (Å²) in [4.78, 5) is 4.54. The largest absolute Gasteiger partial charge is 0.382 e. The van der Waals surface area contributed by atoms with E-state index in [9.17, 15) is 0 Å². The fourth-order valence-corrected chi connectivity index (χ4v) is 1.41. The summed E-state index contributed by atoms with van der Waals surface area (Å²) >= 11 is 0. The number of nitrogens with zero attached hydrogens (tertiary/aromatic N) is 1. The SMILES string of the molecule is CCCCN=C(NCCOCCOC)NC1CC1.I. The zero-order valence-corrected chi connectivity index (χ0v) is 14.4. The summed E-state index contributed by atoms with van der Waals surface area (Å²) in [6.45, 7) is 5.84. The van der Waals surface area contributed by atoms with Gasteiger partial charge in [0.15, 0.2) is 5.96 Å². The Bertz CT molecular complexity index is 236. The molecule has 114 valence electrons. The van der Waals surface area contributed by atoms with E-state index in [1.807, 2.05) is 0 Å². The van der Waals surface area contributed by atoms with Gasteiger partial charge in [-0.25, -0.2) is 0 Å². The molecular weight excluding hydrogens is 357 g/mol. The molecule has 1 fully saturated rings. The first-order chi connectivity index (χ1) is 8.86. The number of unbranched alkanes of at least 4 members (excludes halogenated alkanes) is 1. The van der Waals surface area contributed by atoms with Crippen molar-refractivity contribution < 1.29 is 9.47 Å². The van der Waals surface area contributed by atoms with Crippen LogP contribution in [0.2, 0.25) is 0 Å². The maximum Gasteiger partial charge on any atom is 0.191 e. The van der Waals surface area contributed by atoms with Crippen molar-refractivity contribution in [3.05, 3.63) is 0 Å². The fraction of sp³-hybridized carbons (Fsp3) is 0.923. The number of rotatable bonds is 10. The topological polar surface area (TPSA) is 54.9 Å². The van der Waals surface area contributed by atoms with E-state index in [-0.39, 0.29) is 24.0 Å². The summed E-state index contributed by atoms with van der Waals surface area (Å²) in [6.07, 6.45) is 4.85. The summed E-state index contributed by atoms with van der Waals surface area (Å²) in [7, 11) is 1.68. The third-order valence-electron chi connectivity index (χ3n) is 2.67. The Labute approximate surface area is 133 Å². The molecule has 2 N–H and O–H groups in total. The summed E-state index contributed by atoms with van der Waals surface area (Å²) < 4.78 is 10.3. The van der Waals surface area contributed by atoms with E-state index in [4.69, 9.17) is 9.47 Å². The lowest BCUT2D eigenvalue weighted by atomic mass is 10.3. The van der Waals surface area contributed by atoms with E-state index >= 15 is 0 Å². The van der Waals surface area contributed by atoms with Gasteiger partial charge < -0.3 is 20.1 Å². The van der Waals surface area contributed by atoms with Crippen molar-refractivity contribution >= 4 is 29.9 Å². The smallest absolute Gasteiger partial charge is 0.191 e. The molecule has 1 rings (SSSR count). The van der Waals surface area contributed by atoms with Gasteiger partial charge in [-0.05, 0) is 19.3 Å². The Hall–Kier alpha value is -0.0800. The molecule has 0 unspecified atom stereocenters. The number of hydrogen-bond acceptors (Lipinski definition) is 3. The predicted octanol–water partition coefficient (Wildman–Crippen LogP) is 1.77. The summed E-state index contributed by atoms with van der Waals surface area (Å²) in [5.74, 6) is 0.932. The minimum absolute atomic E-state index is 0. The van der Waals surface area contributed by atoms with Crippen LogP contribution in [0.5, 0.6) is 0 Å². The molecule has 1 saturated carbocycles. The molecule has 1 aliphatic rings. The maximum atomic E-state index is 5.40. The van der Waals surface area contributed by atoms with Gasteiger partial charge in [-0.2, -0.15) is 0 Å². The van der Waals surface area contributed by atoms with Gasteiger partial charge in [0.2, 0.25) is 0 Å². The first-order valence-electron chi connectivity index (χ1n) is 6.98. The summed E-state index contributed by atoms with van der Waals surface area (Å²) in [5.41, 5.74) is 0. The number of halogens is 1. The first kappa shape index (κ1) is 18.9. The van der Waals surface area contributed by atoms with Crippen LogP contribution in [-0.2, 0) is 9.47 Å². The minimum atomic E-state index is 0. The highest BCUT2D eigenvalue weighted by Gasteiger charge is 2.22. The average Bonchev–Trinajstić information content (AvgIpc) is 3.17. The normalized spacial score (nSPS) is 14.9. The summed E-state index contributed by atoms with van der Waals surface area (Å²) in [5, 5.41) is 6.71. The molecule has 0 aromatic rings. The van der Waals surface area contributed by atoms with Gasteiger partial charge in [-0.3, -0.25) is 4.99 Å². The lowest BCUT2D eigenvalue weighted by Crippen LogP contribution is -2.40. The Morgan fingerprint density at radius 1 is 1.26 bits per heavy atom. The molecule has 1 aliphatic carbocycles. The zero-order chi connectivity index (χ0) is 13.1. The molecule has 5 nitrogen and oxygen atoms in total. The molecule has 0 amide bonds. The predicted molar refractivity (Wildman–Crippen MR) is 89.5 cm³/mol. The number of nitrogens with one attached hydrogen (secondary N) is 2. The van der Waals surface area contributed by atoms with Gasteiger partial charge in [0, 0.05) is 26.2 Å². The van der Waals surface area contributed by atoms with Crippen molar-refractivity contribution in [3.8, 4) is 0 Å². The molecule has 19 heavy (non-hydrogen) atoms. The Morgan fingerprint density at radius 3 is 2.68 bits per heavy atom. The minimum Gasteiger partial charge on any atom is -0.382 e. The van der Waals surface area contributed by atoms with E-state index in [1.54, 1.807) is 7.11 Å². The van der Waals surface area contributed by atoms with E-state index in [2.05, 4.69) is 22.5 Å². The second kappa shape index (κ2) is 12.9. The second-order valence-electron chi connectivity index (χ2n) is 4.53. The van der Waals surface area contributed by atoms with Gasteiger partial charge in [0.1, 0.15) is 0 Å². The van der Waals surface area contributed by atoms with E-state index in [0.717, 1.165) is 25.5 Å². The van der Waals surface area contributed by atoms with Gasteiger partial charge in [-0.15, -0.1) is 24.0 Å². The highest BCUT2D eigenvalue weighted by atomic mass is 127. The van der Waals surface area contributed by atoms with Crippen LogP contribution < -0.4 is 10.6 Å². The Balaban J connectivity index is 0.00000324. The second-order valence-corrected chi connectivity index (χ2v) is 4.53. The van der Waals surface area contributed by atoms with Crippen molar-refractivity contribution in [2.24, 2.45) is 4.99 Å². The van der Waals surface area contributed by atoms with Crippen molar-refractivity contribution in [2.75, 3.05) is 40.0 Å². The standard InChI is InChI=1S/C13H27N3O2.HI/c1-3-4-7-14-13(16-12-5-6-12)15-8-9-18-11-10-17-2;/h12H,3-11H2,1-2H3,(H2,14,15,16);1H. The van der Waals surface area contributed by atoms with Crippen LogP contribution in [0.25, 0.3) is 0 Å². The molecule has 0 saturated heterocycles. The molecule has 0 aliphatic heterocycles. The Morgan fingerprint density at radius 2 is 2.05 bits per heavy atom. The van der Waals surface area contributed by atoms with Crippen LogP contribution in [0.3, 0.4) is 0 Å². The van der Waals surface area contributed by atoms with Crippen molar-refractivity contribution in [2.45, 2.75) is 38.6 Å². The number of methoxy groups -OCH3 is 1. The monoisotopic (exact) mass is 385 g/mol. The Kier molecular flexibility index (Phi) is 12.9. The fourth-order valence-electron chi connectivity index (χ4n) is 1.41. The molecule has 0 bridgehead atoms. The zero-order valence-electron chi connectivity index (χ0n) is 12.1. The van der Waals surface area contributed by atoms with Crippen LogP contribution in [0, 0.1) is 0 Å². The number of ether oxygens (including phenoxy) is 2. The number of aliphatic imine (C=N–C) groups is 1. The quantitative estimate of drug-likeness (QED) is 0.261. The van der Waals surface area contributed by atoms with Crippen LogP contribution >= 0.6 is 24.0 Å². The van der Waals surface area contributed by atoms with E-state index in [0.29, 0.717) is 25.9 Å². The first-order valence-corrected chi connectivity index (χ1v) is 6.98. The molecule has 6 heteroatoms. The van der Waals surface area contributed by atoms with E-state index < -0.39 is 0 Å². The van der Waals surface area contributed by atoms with Crippen molar-refractivity contribution in [1.29, 1.82) is 0 Å². The third kappa shape index (κ3) is 11.4. The summed E-state index contributed by atoms with van der Waals surface area (Å²) in [6, 6.07) is 0.632. The average molecular weight is 385 g/mol. The van der Waals surface area contributed by atoms with Gasteiger partial charge in [0.05, 0.1) is 19.8 Å². The lowest BCUT2D eigenvalue weighted by molar-refractivity contribution is 0.0733. The van der Waals surface area contributed by atoms with E-state index in [1.165, 1.54) is 19.3 Å². The maximum absolute atomic E-state index is 5.40. The van der Waals surface area contributed by atoms with Gasteiger partial charge in [-0.1, -0.05) is 13.3 Å². The van der Waals surface area contributed by atoms with Crippen LogP contribution in [0.4, 0.5) is 0 Å². The highest BCUT2D eigenvalue weighted by molar-refractivity contribution is 14.0. The lowest BCUT2D eigenvalue weighted by Gasteiger charge is -2.12. The van der Waals surface area contributed by atoms with Gasteiger partial charge in [0.25, 0.3) is 0 Å². The molecule has 0 heterocycles. The van der Waals surface area contributed by atoms with Crippen LogP contribution in [0.1, 0.15) is 32.6 Å². The highest BCUT2D eigenvalue weighted by Crippen LogP contribution is 2.18. The van der Waals surface area contributed by atoms with Gasteiger partial charge >= 0.3 is 0 Å². The third-order valence-corrected chi connectivity index (χ3v) is 2.67. The molecule has 0 aromatic carbocycles. The molecular formula is C13H28IN3O2. The molecule has 0 radical (unpaired) electrons. The van der Waals surface area contributed by atoms with Crippen LogP contribution in [-0.4, -0.2) is 52.0 Å². The number of hydrogen-bond donors (Lipinski definition) is 2. The number of guanidine groups is 1. The molecule has 0 atom stereocenters. The van der Waals surface area contributed by atoms with Crippen molar-refractivity contribution in [1.82, 2.24) is 10.6 Å². The molecule has 0 aromatic heterocycles. The molecule has 0 spiro atoms. The van der Waals surface area contributed by atoms with Crippen LogP contribution in [0.15, 0.2) is 4.99 Å². The van der Waals surface area contributed by atoms with Crippen molar-refractivity contribution in [3.63, 3.8) is 0 Å².